The fourth-order valence-corrected chi connectivity index (χ4v) is 3.34. The summed E-state index contributed by atoms with van der Waals surface area (Å²) in [5, 5.41) is 11.0. The summed E-state index contributed by atoms with van der Waals surface area (Å²) >= 11 is 1.22. The Bertz CT molecular complexity index is 733. The number of carboxylic acids is 1. The molecule has 2 aromatic heterocycles. The normalized spacial score (nSPS) is 11.5. The van der Waals surface area contributed by atoms with E-state index in [1.54, 1.807) is 4.57 Å². The number of fused-ring (bicyclic) bond motifs is 1. The molecule has 7 heteroatoms. The predicted molar refractivity (Wildman–Crippen MR) is 88.0 cm³/mol. The second kappa shape index (κ2) is 7.02. The molecular weight excluding hydrogens is 302 g/mol. The van der Waals surface area contributed by atoms with E-state index in [-0.39, 0.29) is 16.5 Å². The summed E-state index contributed by atoms with van der Waals surface area (Å²) in [7, 11) is 3.97. The molecule has 120 valence electrons. The van der Waals surface area contributed by atoms with Crippen molar-refractivity contribution in [2.75, 3.05) is 20.6 Å². The standard InChI is InChI=1S/C15H21N3O3S/c1-4-6-11-16-13-12(10(9-22-13)15(20)21)14(19)18(11)8-5-7-17(2)3/h9H,4-8H2,1-3H3,(H,20,21). The summed E-state index contributed by atoms with van der Waals surface area (Å²) in [5.41, 5.74) is -0.173. The third-order valence-electron chi connectivity index (χ3n) is 3.46. The van der Waals surface area contributed by atoms with Crippen molar-refractivity contribution in [1.29, 1.82) is 0 Å². The average Bonchev–Trinajstić information content (AvgIpc) is 2.86. The van der Waals surface area contributed by atoms with Crippen molar-refractivity contribution in [2.24, 2.45) is 0 Å². The van der Waals surface area contributed by atoms with Gasteiger partial charge in [-0.25, -0.2) is 9.78 Å². The number of thiophene rings is 1. The average molecular weight is 323 g/mol. The smallest absolute Gasteiger partial charge is 0.337 e. The number of aromatic carboxylic acids is 1. The molecule has 22 heavy (non-hydrogen) atoms. The number of aromatic nitrogens is 2. The third kappa shape index (κ3) is 3.36. The van der Waals surface area contributed by atoms with Crippen molar-refractivity contribution in [1.82, 2.24) is 14.5 Å². The highest BCUT2D eigenvalue weighted by Gasteiger charge is 2.19. The Morgan fingerprint density at radius 1 is 1.45 bits per heavy atom. The third-order valence-corrected chi connectivity index (χ3v) is 4.34. The van der Waals surface area contributed by atoms with Gasteiger partial charge in [0.2, 0.25) is 0 Å². The zero-order valence-electron chi connectivity index (χ0n) is 13.1. The van der Waals surface area contributed by atoms with E-state index in [1.807, 2.05) is 21.0 Å². The van der Waals surface area contributed by atoms with E-state index >= 15 is 0 Å². The largest absolute Gasteiger partial charge is 0.478 e. The fourth-order valence-electron chi connectivity index (χ4n) is 2.41. The van der Waals surface area contributed by atoms with Gasteiger partial charge in [0, 0.05) is 18.3 Å². The molecule has 0 fully saturated rings. The zero-order chi connectivity index (χ0) is 16.3. The first-order chi connectivity index (χ1) is 10.5. The monoisotopic (exact) mass is 323 g/mol. The summed E-state index contributed by atoms with van der Waals surface area (Å²) in [6.45, 7) is 3.47. The van der Waals surface area contributed by atoms with Gasteiger partial charge >= 0.3 is 5.97 Å². The Kier molecular flexibility index (Phi) is 5.31. The number of aryl methyl sites for hydroxylation is 1. The van der Waals surface area contributed by atoms with Crippen LogP contribution in [0.1, 0.15) is 35.9 Å². The van der Waals surface area contributed by atoms with Gasteiger partial charge in [0.25, 0.3) is 5.56 Å². The van der Waals surface area contributed by atoms with E-state index in [0.717, 1.165) is 25.2 Å². The summed E-state index contributed by atoms with van der Waals surface area (Å²) in [6, 6.07) is 0. The Labute approximate surface area is 133 Å². The van der Waals surface area contributed by atoms with Gasteiger partial charge < -0.3 is 10.0 Å². The van der Waals surface area contributed by atoms with Gasteiger partial charge in [-0.2, -0.15) is 0 Å². The van der Waals surface area contributed by atoms with Gasteiger partial charge in [0.05, 0.1) is 10.9 Å². The van der Waals surface area contributed by atoms with E-state index in [4.69, 9.17) is 0 Å². The number of nitrogens with zero attached hydrogens (tertiary/aromatic N) is 3. The molecule has 0 bridgehead atoms. The quantitative estimate of drug-likeness (QED) is 0.844. The summed E-state index contributed by atoms with van der Waals surface area (Å²) in [6.07, 6.45) is 2.43. The van der Waals surface area contributed by atoms with E-state index in [2.05, 4.69) is 9.88 Å². The van der Waals surface area contributed by atoms with Crippen LogP contribution in [0.3, 0.4) is 0 Å². The number of carbonyl (C=O) groups is 1. The molecule has 0 radical (unpaired) electrons. The lowest BCUT2D eigenvalue weighted by Crippen LogP contribution is -2.27. The van der Waals surface area contributed by atoms with Gasteiger partial charge in [-0.1, -0.05) is 6.92 Å². The van der Waals surface area contributed by atoms with Crippen molar-refractivity contribution in [3.63, 3.8) is 0 Å². The summed E-state index contributed by atoms with van der Waals surface area (Å²) in [5.74, 6) is -0.328. The van der Waals surface area contributed by atoms with E-state index in [0.29, 0.717) is 17.8 Å². The van der Waals surface area contributed by atoms with Crippen LogP contribution in [0.4, 0.5) is 0 Å². The van der Waals surface area contributed by atoms with Crippen molar-refractivity contribution in [3.8, 4) is 0 Å². The molecule has 0 saturated heterocycles. The first kappa shape index (κ1) is 16.6. The Morgan fingerprint density at radius 2 is 2.18 bits per heavy atom. The molecule has 0 saturated carbocycles. The van der Waals surface area contributed by atoms with Crippen molar-refractivity contribution < 1.29 is 9.90 Å². The molecule has 1 N–H and O–H groups in total. The Morgan fingerprint density at radius 3 is 2.77 bits per heavy atom. The van der Waals surface area contributed by atoms with Crippen LogP contribution in [0.25, 0.3) is 10.2 Å². The van der Waals surface area contributed by atoms with Gasteiger partial charge in [-0.05, 0) is 33.5 Å². The molecule has 6 nitrogen and oxygen atoms in total. The lowest BCUT2D eigenvalue weighted by molar-refractivity contribution is 0.0699. The minimum absolute atomic E-state index is 0.0573. The lowest BCUT2D eigenvalue weighted by atomic mass is 10.2. The minimum atomic E-state index is -1.08. The molecule has 0 amide bonds. The fraction of sp³-hybridized carbons (Fsp3) is 0.533. The lowest BCUT2D eigenvalue weighted by Gasteiger charge is -2.14. The highest BCUT2D eigenvalue weighted by molar-refractivity contribution is 7.17. The van der Waals surface area contributed by atoms with Gasteiger partial charge in [0.15, 0.2) is 0 Å². The molecule has 0 spiro atoms. The van der Waals surface area contributed by atoms with Crippen LogP contribution in [0, 0.1) is 0 Å². The van der Waals surface area contributed by atoms with Crippen molar-refractivity contribution in [3.05, 3.63) is 27.1 Å². The number of hydrogen-bond donors (Lipinski definition) is 1. The summed E-state index contributed by atoms with van der Waals surface area (Å²) < 4.78 is 1.65. The Hall–Kier alpha value is -1.73. The molecule has 2 aromatic rings. The van der Waals surface area contributed by atoms with Crippen LogP contribution in [-0.4, -0.2) is 46.2 Å². The van der Waals surface area contributed by atoms with E-state index in [9.17, 15) is 14.7 Å². The maximum absolute atomic E-state index is 12.7. The van der Waals surface area contributed by atoms with Crippen LogP contribution >= 0.6 is 11.3 Å². The molecule has 2 heterocycles. The van der Waals surface area contributed by atoms with E-state index < -0.39 is 5.97 Å². The minimum Gasteiger partial charge on any atom is -0.478 e. The number of carboxylic acid groups (broad SMARTS) is 1. The van der Waals surface area contributed by atoms with Crippen LogP contribution in [-0.2, 0) is 13.0 Å². The van der Waals surface area contributed by atoms with Crippen LogP contribution in [0.15, 0.2) is 10.2 Å². The molecule has 0 aromatic carbocycles. The van der Waals surface area contributed by atoms with Crippen molar-refractivity contribution >= 4 is 27.5 Å². The Balaban J connectivity index is 2.52. The highest BCUT2D eigenvalue weighted by Crippen LogP contribution is 2.22. The molecule has 0 atom stereocenters. The molecule has 0 aliphatic heterocycles. The molecule has 0 aliphatic rings. The number of hydrogen-bond acceptors (Lipinski definition) is 5. The van der Waals surface area contributed by atoms with Crippen LogP contribution in [0.2, 0.25) is 0 Å². The van der Waals surface area contributed by atoms with Gasteiger partial charge in [-0.15, -0.1) is 11.3 Å². The van der Waals surface area contributed by atoms with Gasteiger partial charge in [-0.3, -0.25) is 9.36 Å². The number of rotatable bonds is 7. The predicted octanol–water partition coefficient (Wildman–Crippen LogP) is 2.06. The molecule has 2 rings (SSSR count). The van der Waals surface area contributed by atoms with Crippen LogP contribution < -0.4 is 5.56 Å². The van der Waals surface area contributed by atoms with E-state index in [1.165, 1.54) is 16.7 Å². The maximum atomic E-state index is 12.7. The van der Waals surface area contributed by atoms with Crippen molar-refractivity contribution in [2.45, 2.75) is 32.7 Å². The van der Waals surface area contributed by atoms with Gasteiger partial charge in [0.1, 0.15) is 10.7 Å². The second-order valence-corrected chi connectivity index (χ2v) is 6.38. The molecule has 0 unspecified atom stereocenters. The van der Waals surface area contributed by atoms with Crippen LogP contribution in [0.5, 0.6) is 0 Å². The molecular formula is C15H21N3O3S. The first-order valence-electron chi connectivity index (χ1n) is 7.34. The maximum Gasteiger partial charge on any atom is 0.337 e. The highest BCUT2D eigenvalue weighted by atomic mass is 32.1. The summed E-state index contributed by atoms with van der Waals surface area (Å²) in [4.78, 5) is 31.1. The SMILES string of the molecule is CCCc1nc2scc(C(=O)O)c2c(=O)n1CCCN(C)C. The first-order valence-corrected chi connectivity index (χ1v) is 8.22. The second-order valence-electron chi connectivity index (χ2n) is 5.53. The molecule has 0 aliphatic carbocycles. The topological polar surface area (TPSA) is 75.4 Å². The zero-order valence-corrected chi connectivity index (χ0v) is 13.9.